The topological polar surface area (TPSA) is 56.7 Å². The second-order valence-corrected chi connectivity index (χ2v) is 3.66. The van der Waals surface area contributed by atoms with Crippen molar-refractivity contribution in [3.05, 3.63) is 12.2 Å². The zero-order valence-electron chi connectivity index (χ0n) is 8.40. The molecule has 0 unspecified atom stereocenters. The molecule has 0 fully saturated rings. The van der Waals surface area contributed by atoms with Crippen LogP contribution in [0, 0.1) is 5.92 Å². The molecule has 0 bridgehead atoms. The molecule has 74 valence electrons. The summed E-state index contributed by atoms with van der Waals surface area (Å²) in [6.45, 7) is 5.83. The number of nitrogens with zero attached hydrogens (tertiary/aromatic N) is 3. The van der Waals surface area contributed by atoms with Crippen molar-refractivity contribution >= 4 is 0 Å². The molecule has 0 aliphatic rings. The number of aromatic nitrogens is 3. The molecule has 2 N–H and O–H groups in total. The van der Waals surface area contributed by atoms with Gasteiger partial charge < -0.3 is 5.73 Å². The lowest BCUT2D eigenvalue weighted by molar-refractivity contribution is 0.487. The molecule has 1 rings (SSSR count). The summed E-state index contributed by atoms with van der Waals surface area (Å²) in [5.41, 5.74) is 5.40. The second kappa shape index (κ2) is 4.97. The van der Waals surface area contributed by atoms with Gasteiger partial charge in [-0.05, 0) is 18.8 Å². The highest BCUT2D eigenvalue weighted by Gasteiger charge is 1.98. The van der Waals surface area contributed by atoms with Crippen molar-refractivity contribution in [1.29, 1.82) is 0 Å². The maximum Gasteiger partial charge on any atom is 0.164 e. The molecule has 0 spiro atoms. The monoisotopic (exact) mass is 182 g/mol. The Hall–Kier alpha value is -0.900. The van der Waals surface area contributed by atoms with Crippen LogP contribution in [0.3, 0.4) is 0 Å². The first-order chi connectivity index (χ1) is 6.22. The normalized spacial score (nSPS) is 11.1. The summed E-state index contributed by atoms with van der Waals surface area (Å²) >= 11 is 0. The summed E-state index contributed by atoms with van der Waals surface area (Å²) in [6.07, 6.45) is 4.14. The summed E-state index contributed by atoms with van der Waals surface area (Å²) < 4.78 is 1.87. The average molecular weight is 182 g/mol. The van der Waals surface area contributed by atoms with Gasteiger partial charge in [-0.2, -0.15) is 5.10 Å². The van der Waals surface area contributed by atoms with Crippen LogP contribution in [0.1, 0.15) is 32.5 Å². The fourth-order valence-corrected chi connectivity index (χ4v) is 1.20. The molecule has 4 nitrogen and oxygen atoms in total. The van der Waals surface area contributed by atoms with Crippen molar-refractivity contribution in [1.82, 2.24) is 14.8 Å². The van der Waals surface area contributed by atoms with Gasteiger partial charge >= 0.3 is 0 Å². The number of aryl methyl sites for hydroxylation is 1. The smallest absolute Gasteiger partial charge is 0.164 e. The van der Waals surface area contributed by atoms with Crippen LogP contribution in [-0.4, -0.2) is 14.8 Å². The molecule has 13 heavy (non-hydrogen) atoms. The van der Waals surface area contributed by atoms with Crippen LogP contribution in [0.25, 0.3) is 0 Å². The van der Waals surface area contributed by atoms with Crippen molar-refractivity contribution in [3.8, 4) is 0 Å². The minimum atomic E-state index is 0.428. The highest BCUT2D eigenvalue weighted by atomic mass is 15.3. The fraction of sp³-hybridized carbons (Fsp3) is 0.778. The third kappa shape index (κ3) is 3.55. The van der Waals surface area contributed by atoms with E-state index in [1.54, 1.807) is 6.33 Å². The summed E-state index contributed by atoms with van der Waals surface area (Å²) in [4.78, 5) is 4.06. The molecule has 0 aliphatic carbocycles. The maximum absolute atomic E-state index is 5.40. The van der Waals surface area contributed by atoms with E-state index in [0.717, 1.165) is 24.7 Å². The predicted octanol–water partition coefficient (Wildman–Crippen LogP) is 1.17. The van der Waals surface area contributed by atoms with E-state index in [9.17, 15) is 0 Å². The van der Waals surface area contributed by atoms with Gasteiger partial charge in [-0.1, -0.05) is 13.8 Å². The van der Waals surface area contributed by atoms with E-state index in [1.165, 1.54) is 6.42 Å². The SMILES string of the molecule is CC(C)CCCn1cnc(CN)n1. The minimum absolute atomic E-state index is 0.428. The minimum Gasteiger partial charge on any atom is -0.324 e. The zero-order chi connectivity index (χ0) is 9.68. The van der Waals surface area contributed by atoms with E-state index in [0.29, 0.717) is 6.54 Å². The number of hydrogen-bond acceptors (Lipinski definition) is 3. The largest absolute Gasteiger partial charge is 0.324 e. The fourth-order valence-electron chi connectivity index (χ4n) is 1.20. The number of hydrogen-bond donors (Lipinski definition) is 1. The van der Waals surface area contributed by atoms with E-state index in [-0.39, 0.29) is 0 Å². The lowest BCUT2D eigenvalue weighted by Crippen LogP contribution is -2.03. The van der Waals surface area contributed by atoms with Gasteiger partial charge in [0, 0.05) is 6.54 Å². The third-order valence-electron chi connectivity index (χ3n) is 1.94. The quantitative estimate of drug-likeness (QED) is 0.743. The molecular formula is C9H18N4. The summed E-state index contributed by atoms with van der Waals surface area (Å²) in [6, 6.07) is 0. The Balaban J connectivity index is 2.28. The van der Waals surface area contributed by atoms with Crippen LogP contribution < -0.4 is 5.73 Å². The van der Waals surface area contributed by atoms with Crippen molar-refractivity contribution in [3.63, 3.8) is 0 Å². The molecule has 0 amide bonds. The molecule has 0 atom stereocenters. The van der Waals surface area contributed by atoms with Gasteiger partial charge in [0.25, 0.3) is 0 Å². The predicted molar refractivity (Wildman–Crippen MR) is 52.0 cm³/mol. The van der Waals surface area contributed by atoms with Crippen LogP contribution in [0.15, 0.2) is 6.33 Å². The molecule has 0 aliphatic heterocycles. The van der Waals surface area contributed by atoms with Gasteiger partial charge in [-0.25, -0.2) is 4.98 Å². The number of rotatable bonds is 5. The molecule has 0 aromatic carbocycles. The second-order valence-electron chi connectivity index (χ2n) is 3.66. The Bertz CT molecular complexity index is 242. The molecule has 1 aromatic rings. The van der Waals surface area contributed by atoms with Crippen molar-refractivity contribution < 1.29 is 0 Å². The standard InChI is InChI=1S/C9H18N4/c1-8(2)4-3-5-13-7-11-9(6-10)12-13/h7-8H,3-6,10H2,1-2H3. The molecule has 0 radical (unpaired) electrons. The lowest BCUT2D eigenvalue weighted by atomic mass is 10.1. The van der Waals surface area contributed by atoms with E-state index < -0.39 is 0 Å². The van der Waals surface area contributed by atoms with Crippen LogP contribution in [-0.2, 0) is 13.1 Å². The molecule has 0 saturated heterocycles. The third-order valence-corrected chi connectivity index (χ3v) is 1.94. The Labute approximate surface area is 79.2 Å². The van der Waals surface area contributed by atoms with Crippen LogP contribution in [0.5, 0.6) is 0 Å². The van der Waals surface area contributed by atoms with E-state index in [1.807, 2.05) is 4.68 Å². The summed E-state index contributed by atoms with van der Waals surface area (Å²) in [7, 11) is 0. The molecule has 0 saturated carbocycles. The number of nitrogens with two attached hydrogens (primary N) is 1. The van der Waals surface area contributed by atoms with Gasteiger partial charge in [0.2, 0.25) is 0 Å². The van der Waals surface area contributed by atoms with E-state index >= 15 is 0 Å². The Morgan fingerprint density at radius 1 is 1.54 bits per heavy atom. The lowest BCUT2D eigenvalue weighted by Gasteiger charge is -2.03. The van der Waals surface area contributed by atoms with Gasteiger partial charge in [0.05, 0.1) is 6.54 Å². The first-order valence-electron chi connectivity index (χ1n) is 4.80. The Kier molecular flexibility index (Phi) is 3.89. The van der Waals surface area contributed by atoms with Gasteiger partial charge in [0.15, 0.2) is 5.82 Å². The van der Waals surface area contributed by atoms with Crippen LogP contribution in [0.2, 0.25) is 0 Å². The molecule has 1 heterocycles. The summed E-state index contributed by atoms with van der Waals surface area (Å²) in [5.74, 6) is 1.49. The highest BCUT2D eigenvalue weighted by Crippen LogP contribution is 2.04. The van der Waals surface area contributed by atoms with Gasteiger partial charge in [0.1, 0.15) is 6.33 Å². The summed E-state index contributed by atoms with van der Waals surface area (Å²) in [5, 5.41) is 4.21. The van der Waals surface area contributed by atoms with Crippen molar-refractivity contribution in [2.75, 3.05) is 0 Å². The first kappa shape index (κ1) is 10.2. The van der Waals surface area contributed by atoms with Crippen LogP contribution >= 0.6 is 0 Å². The first-order valence-corrected chi connectivity index (χ1v) is 4.80. The van der Waals surface area contributed by atoms with Crippen LogP contribution in [0.4, 0.5) is 0 Å². The highest BCUT2D eigenvalue weighted by molar-refractivity contribution is 4.78. The average Bonchev–Trinajstić information content (AvgIpc) is 2.52. The van der Waals surface area contributed by atoms with Crippen molar-refractivity contribution in [2.24, 2.45) is 11.7 Å². The zero-order valence-corrected chi connectivity index (χ0v) is 8.40. The molecule has 4 heteroatoms. The van der Waals surface area contributed by atoms with Crippen molar-refractivity contribution in [2.45, 2.75) is 39.8 Å². The maximum atomic E-state index is 5.40. The molecular weight excluding hydrogens is 164 g/mol. The van der Waals surface area contributed by atoms with Gasteiger partial charge in [-0.15, -0.1) is 0 Å². The Morgan fingerprint density at radius 2 is 2.31 bits per heavy atom. The van der Waals surface area contributed by atoms with Gasteiger partial charge in [-0.3, -0.25) is 4.68 Å². The van der Waals surface area contributed by atoms with E-state index in [2.05, 4.69) is 23.9 Å². The molecule has 1 aromatic heterocycles. The Morgan fingerprint density at radius 3 is 2.85 bits per heavy atom. The van der Waals surface area contributed by atoms with E-state index in [4.69, 9.17) is 5.73 Å².